The van der Waals surface area contributed by atoms with Crippen LogP contribution in [-0.2, 0) is 6.54 Å². The minimum atomic E-state index is -0.540. The predicted octanol–water partition coefficient (Wildman–Crippen LogP) is 3.59. The second-order valence-corrected chi connectivity index (χ2v) is 5.20. The number of rotatable bonds is 4. The fourth-order valence-corrected chi connectivity index (χ4v) is 2.38. The van der Waals surface area contributed by atoms with Crippen molar-refractivity contribution < 1.29 is 5.11 Å². The highest BCUT2D eigenvalue weighted by Crippen LogP contribution is 2.21. The number of nitrogens with zero attached hydrogens (tertiary/aromatic N) is 2. The third-order valence-electron chi connectivity index (χ3n) is 3.58. The number of hydrogen-bond acceptors (Lipinski definition) is 2. The first-order valence-electron chi connectivity index (χ1n) is 7.05. The molecule has 3 aromatic rings. The van der Waals surface area contributed by atoms with E-state index >= 15 is 0 Å². The molecule has 0 aliphatic carbocycles. The molecule has 0 radical (unpaired) electrons. The molecule has 0 saturated heterocycles. The van der Waals surface area contributed by atoms with E-state index in [4.69, 9.17) is 0 Å². The summed E-state index contributed by atoms with van der Waals surface area (Å²) in [7, 11) is 0. The molecule has 0 aliphatic heterocycles. The molecule has 0 amide bonds. The van der Waals surface area contributed by atoms with Gasteiger partial charge in [-0.3, -0.25) is 0 Å². The number of benzene rings is 2. The highest BCUT2D eigenvalue weighted by molar-refractivity contribution is 5.55. The maximum Gasteiger partial charge on any atom is 0.139 e. The molecule has 1 aromatic heterocycles. The largest absolute Gasteiger partial charge is 0.387 e. The van der Waals surface area contributed by atoms with Crippen molar-refractivity contribution in [1.82, 2.24) is 9.55 Å². The number of aliphatic hydroxyl groups excluding tert-OH is 1. The molecule has 3 nitrogen and oxygen atoms in total. The Bertz CT molecular complexity index is 702. The third kappa shape index (κ3) is 3.03. The van der Waals surface area contributed by atoms with Gasteiger partial charge in [0.15, 0.2) is 0 Å². The number of aryl methyl sites for hydroxylation is 1. The van der Waals surface area contributed by atoms with E-state index in [2.05, 4.69) is 4.98 Å². The molecule has 21 heavy (non-hydrogen) atoms. The van der Waals surface area contributed by atoms with Crippen molar-refractivity contribution in [2.24, 2.45) is 0 Å². The molecule has 2 aromatic carbocycles. The Kier molecular flexibility index (Phi) is 3.84. The van der Waals surface area contributed by atoms with Crippen molar-refractivity contribution in [3.8, 4) is 11.4 Å². The summed E-state index contributed by atoms with van der Waals surface area (Å²) in [6.07, 6.45) is 3.13. The zero-order chi connectivity index (χ0) is 14.7. The zero-order valence-electron chi connectivity index (χ0n) is 12.0. The first-order valence-corrected chi connectivity index (χ1v) is 7.05. The van der Waals surface area contributed by atoms with Gasteiger partial charge in [-0.15, -0.1) is 0 Å². The summed E-state index contributed by atoms with van der Waals surface area (Å²) >= 11 is 0. The quantitative estimate of drug-likeness (QED) is 0.792. The normalized spacial score (nSPS) is 12.3. The van der Waals surface area contributed by atoms with E-state index < -0.39 is 6.10 Å². The van der Waals surface area contributed by atoms with E-state index in [0.717, 1.165) is 17.0 Å². The zero-order valence-corrected chi connectivity index (χ0v) is 12.0. The van der Waals surface area contributed by atoms with Crippen LogP contribution in [0.25, 0.3) is 11.4 Å². The van der Waals surface area contributed by atoms with Crippen molar-refractivity contribution in [2.75, 3.05) is 0 Å². The van der Waals surface area contributed by atoms with Gasteiger partial charge in [-0.1, -0.05) is 60.2 Å². The molecular weight excluding hydrogens is 260 g/mol. The van der Waals surface area contributed by atoms with Crippen molar-refractivity contribution in [2.45, 2.75) is 19.6 Å². The molecule has 0 bridgehead atoms. The monoisotopic (exact) mass is 278 g/mol. The lowest BCUT2D eigenvalue weighted by Gasteiger charge is -2.14. The van der Waals surface area contributed by atoms with Crippen LogP contribution in [-0.4, -0.2) is 14.7 Å². The molecule has 106 valence electrons. The Morgan fingerprint density at radius 2 is 1.76 bits per heavy atom. The molecule has 1 N–H and O–H groups in total. The maximum atomic E-state index is 10.4. The molecular formula is C18H18N2O. The molecule has 1 heterocycles. The van der Waals surface area contributed by atoms with Crippen LogP contribution in [0, 0.1) is 6.92 Å². The summed E-state index contributed by atoms with van der Waals surface area (Å²) in [6, 6.07) is 18.0. The number of aliphatic hydroxyl groups is 1. The lowest BCUT2D eigenvalue weighted by atomic mass is 10.1. The van der Waals surface area contributed by atoms with Gasteiger partial charge in [-0.05, 0) is 12.5 Å². The smallest absolute Gasteiger partial charge is 0.139 e. The maximum absolute atomic E-state index is 10.4. The van der Waals surface area contributed by atoms with E-state index in [1.165, 1.54) is 5.56 Å². The molecule has 3 rings (SSSR count). The first-order chi connectivity index (χ1) is 10.2. The molecule has 1 unspecified atom stereocenters. The van der Waals surface area contributed by atoms with Gasteiger partial charge in [0.1, 0.15) is 5.82 Å². The summed E-state index contributed by atoms with van der Waals surface area (Å²) < 4.78 is 1.99. The fraction of sp³-hybridized carbons (Fsp3) is 0.167. The Labute approximate surface area is 124 Å². The molecule has 0 aliphatic rings. The number of hydrogen-bond donors (Lipinski definition) is 1. The lowest BCUT2D eigenvalue weighted by molar-refractivity contribution is 0.157. The molecule has 0 fully saturated rings. The SMILES string of the molecule is Cc1ccc(C(O)Cn2ccnc2-c2ccccc2)cc1. The van der Waals surface area contributed by atoms with Gasteiger partial charge in [0.05, 0.1) is 12.6 Å². The van der Waals surface area contributed by atoms with Gasteiger partial charge < -0.3 is 9.67 Å². The van der Waals surface area contributed by atoms with Crippen molar-refractivity contribution in [1.29, 1.82) is 0 Å². The second-order valence-electron chi connectivity index (χ2n) is 5.20. The van der Waals surface area contributed by atoms with Crippen molar-refractivity contribution in [3.63, 3.8) is 0 Å². The van der Waals surface area contributed by atoms with Crippen LogP contribution in [0.4, 0.5) is 0 Å². The Hall–Kier alpha value is -2.39. The summed E-state index contributed by atoms with van der Waals surface area (Å²) in [5, 5.41) is 10.4. The van der Waals surface area contributed by atoms with Crippen LogP contribution in [0.15, 0.2) is 67.0 Å². The van der Waals surface area contributed by atoms with Crippen molar-refractivity contribution >= 4 is 0 Å². The van der Waals surface area contributed by atoms with Crippen LogP contribution in [0.2, 0.25) is 0 Å². The van der Waals surface area contributed by atoms with Gasteiger partial charge in [-0.2, -0.15) is 0 Å². The number of imidazole rings is 1. The van der Waals surface area contributed by atoms with E-state index in [9.17, 15) is 5.11 Å². The van der Waals surface area contributed by atoms with E-state index in [-0.39, 0.29) is 0 Å². The van der Waals surface area contributed by atoms with Gasteiger partial charge in [0.2, 0.25) is 0 Å². The van der Waals surface area contributed by atoms with Gasteiger partial charge in [-0.25, -0.2) is 4.98 Å². The Morgan fingerprint density at radius 1 is 1.05 bits per heavy atom. The minimum Gasteiger partial charge on any atom is -0.387 e. The number of aromatic nitrogens is 2. The standard InChI is InChI=1S/C18H18N2O/c1-14-7-9-15(10-8-14)17(21)13-20-12-11-19-18(20)16-5-3-2-4-6-16/h2-12,17,21H,13H2,1H3. The average Bonchev–Trinajstić information content (AvgIpc) is 2.97. The van der Waals surface area contributed by atoms with Crippen LogP contribution < -0.4 is 0 Å². The van der Waals surface area contributed by atoms with E-state index in [1.54, 1.807) is 6.20 Å². The van der Waals surface area contributed by atoms with Crippen LogP contribution >= 0.6 is 0 Å². The molecule has 3 heteroatoms. The summed E-state index contributed by atoms with van der Waals surface area (Å²) in [5.74, 6) is 0.877. The predicted molar refractivity (Wildman–Crippen MR) is 83.8 cm³/mol. The molecule has 0 spiro atoms. The molecule has 1 atom stereocenters. The third-order valence-corrected chi connectivity index (χ3v) is 3.58. The van der Waals surface area contributed by atoms with Gasteiger partial charge >= 0.3 is 0 Å². The second kappa shape index (κ2) is 5.94. The average molecular weight is 278 g/mol. The fourth-order valence-electron chi connectivity index (χ4n) is 2.38. The Balaban J connectivity index is 1.83. The minimum absolute atomic E-state index is 0.493. The van der Waals surface area contributed by atoms with Gasteiger partial charge in [0, 0.05) is 18.0 Å². The summed E-state index contributed by atoms with van der Waals surface area (Å²) in [6.45, 7) is 2.53. The lowest BCUT2D eigenvalue weighted by Crippen LogP contribution is -2.09. The van der Waals surface area contributed by atoms with E-state index in [0.29, 0.717) is 6.54 Å². The highest BCUT2D eigenvalue weighted by atomic mass is 16.3. The van der Waals surface area contributed by atoms with Crippen LogP contribution in [0.5, 0.6) is 0 Å². The topological polar surface area (TPSA) is 38.0 Å². The molecule has 0 saturated carbocycles. The van der Waals surface area contributed by atoms with Crippen LogP contribution in [0.3, 0.4) is 0 Å². The summed E-state index contributed by atoms with van der Waals surface area (Å²) in [4.78, 5) is 4.40. The highest BCUT2D eigenvalue weighted by Gasteiger charge is 2.12. The summed E-state index contributed by atoms with van der Waals surface area (Å²) in [5.41, 5.74) is 3.17. The van der Waals surface area contributed by atoms with E-state index in [1.807, 2.05) is 72.3 Å². The van der Waals surface area contributed by atoms with Crippen molar-refractivity contribution in [3.05, 3.63) is 78.1 Å². The first kappa shape index (κ1) is 13.6. The van der Waals surface area contributed by atoms with Crippen LogP contribution in [0.1, 0.15) is 17.2 Å². The Morgan fingerprint density at radius 3 is 2.48 bits per heavy atom. The van der Waals surface area contributed by atoms with Gasteiger partial charge in [0.25, 0.3) is 0 Å².